The highest BCUT2D eigenvalue weighted by Crippen LogP contribution is 2.32. The summed E-state index contributed by atoms with van der Waals surface area (Å²) in [5.41, 5.74) is 1.63. The maximum atomic E-state index is 12.1. The molecule has 0 spiro atoms. The maximum Gasteiger partial charge on any atom is 0.337 e. The fraction of sp³-hybridized carbons (Fsp3) is 0.357. The zero-order valence-electron chi connectivity index (χ0n) is 12.1. The standard InChI is InChI=1S/C14H17N3O4/c1-15-12(18)7-11-13(19)16-9-6-8(14(20)21-3)4-5-10(9)17(11)2/h4-6,11H,7H2,1-3H3,(H,15,18)(H,16,19)/t11-/m0/s1. The van der Waals surface area contributed by atoms with Gasteiger partial charge in [-0.25, -0.2) is 4.79 Å². The molecule has 0 unspecified atom stereocenters. The Bertz CT molecular complexity index is 600. The van der Waals surface area contributed by atoms with E-state index in [0.717, 1.165) is 5.69 Å². The van der Waals surface area contributed by atoms with E-state index in [2.05, 4.69) is 15.4 Å². The number of ether oxygens (including phenoxy) is 1. The summed E-state index contributed by atoms with van der Waals surface area (Å²) in [6.45, 7) is 0. The second kappa shape index (κ2) is 5.82. The van der Waals surface area contributed by atoms with E-state index >= 15 is 0 Å². The number of carbonyl (C=O) groups is 3. The number of nitrogens with one attached hydrogen (secondary N) is 2. The van der Waals surface area contributed by atoms with Crippen molar-refractivity contribution in [1.29, 1.82) is 0 Å². The first-order valence-electron chi connectivity index (χ1n) is 6.44. The van der Waals surface area contributed by atoms with Crippen LogP contribution in [0.4, 0.5) is 11.4 Å². The van der Waals surface area contributed by atoms with Crippen LogP contribution in [0.15, 0.2) is 18.2 Å². The van der Waals surface area contributed by atoms with Crippen LogP contribution in [0, 0.1) is 0 Å². The molecule has 0 fully saturated rings. The SMILES string of the molecule is CNC(=O)C[C@H]1C(=O)Nc2cc(C(=O)OC)ccc2N1C. The fourth-order valence-corrected chi connectivity index (χ4v) is 2.26. The lowest BCUT2D eigenvalue weighted by Crippen LogP contribution is -2.48. The molecule has 112 valence electrons. The third kappa shape index (κ3) is 2.81. The Morgan fingerprint density at radius 2 is 2.14 bits per heavy atom. The molecule has 7 heteroatoms. The van der Waals surface area contributed by atoms with Crippen LogP contribution in [0.1, 0.15) is 16.8 Å². The quantitative estimate of drug-likeness (QED) is 0.785. The third-order valence-corrected chi connectivity index (χ3v) is 3.48. The Balaban J connectivity index is 2.31. The lowest BCUT2D eigenvalue weighted by molar-refractivity contribution is -0.125. The number of amides is 2. The lowest BCUT2D eigenvalue weighted by Gasteiger charge is -2.35. The smallest absolute Gasteiger partial charge is 0.337 e. The zero-order chi connectivity index (χ0) is 15.6. The number of benzene rings is 1. The van der Waals surface area contributed by atoms with Crippen LogP contribution >= 0.6 is 0 Å². The van der Waals surface area contributed by atoms with Gasteiger partial charge in [-0.1, -0.05) is 0 Å². The summed E-state index contributed by atoms with van der Waals surface area (Å²) in [4.78, 5) is 36.8. The predicted octanol–water partition coefficient (Wildman–Crippen LogP) is 0.366. The van der Waals surface area contributed by atoms with Gasteiger partial charge in [0.1, 0.15) is 6.04 Å². The number of fused-ring (bicyclic) bond motifs is 1. The van der Waals surface area contributed by atoms with E-state index in [1.807, 2.05) is 0 Å². The van der Waals surface area contributed by atoms with Crippen molar-refractivity contribution < 1.29 is 19.1 Å². The Morgan fingerprint density at radius 3 is 2.76 bits per heavy atom. The molecule has 1 aromatic rings. The first kappa shape index (κ1) is 14.8. The minimum Gasteiger partial charge on any atom is -0.465 e. The molecule has 2 N–H and O–H groups in total. The van der Waals surface area contributed by atoms with Crippen LogP contribution < -0.4 is 15.5 Å². The second-order valence-corrected chi connectivity index (χ2v) is 4.72. The number of esters is 1. The van der Waals surface area contributed by atoms with Crippen LogP contribution in [0.2, 0.25) is 0 Å². The van der Waals surface area contributed by atoms with Crippen molar-refractivity contribution in [3.63, 3.8) is 0 Å². The van der Waals surface area contributed by atoms with Gasteiger partial charge in [0.05, 0.1) is 30.5 Å². The van der Waals surface area contributed by atoms with Gasteiger partial charge in [-0.15, -0.1) is 0 Å². The first-order chi connectivity index (χ1) is 9.97. The van der Waals surface area contributed by atoms with Crippen LogP contribution in [-0.4, -0.2) is 45.0 Å². The fourth-order valence-electron chi connectivity index (χ4n) is 2.26. The summed E-state index contributed by atoms with van der Waals surface area (Å²) < 4.78 is 4.65. The Morgan fingerprint density at radius 1 is 1.43 bits per heavy atom. The van der Waals surface area contributed by atoms with Crippen molar-refractivity contribution in [3.8, 4) is 0 Å². The van der Waals surface area contributed by atoms with Gasteiger partial charge in [0.25, 0.3) is 0 Å². The molecule has 2 amide bonds. The van der Waals surface area contributed by atoms with E-state index in [1.165, 1.54) is 14.2 Å². The number of rotatable bonds is 3. The minimum atomic E-state index is -0.582. The van der Waals surface area contributed by atoms with Gasteiger partial charge in [0.2, 0.25) is 11.8 Å². The minimum absolute atomic E-state index is 0.0665. The molecule has 21 heavy (non-hydrogen) atoms. The molecular formula is C14H17N3O4. The summed E-state index contributed by atoms with van der Waals surface area (Å²) in [6, 6.07) is 4.32. The molecule has 0 saturated carbocycles. The van der Waals surface area contributed by atoms with Crippen molar-refractivity contribution in [2.24, 2.45) is 0 Å². The third-order valence-electron chi connectivity index (χ3n) is 3.48. The highest BCUT2D eigenvalue weighted by Gasteiger charge is 2.32. The number of nitrogens with zero attached hydrogens (tertiary/aromatic N) is 1. The summed E-state index contributed by atoms with van der Waals surface area (Å²) >= 11 is 0. The normalized spacial score (nSPS) is 16.8. The van der Waals surface area contributed by atoms with Gasteiger partial charge in [-0.05, 0) is 18.2 Å². The summed E-state index contributed by atoms with van der Waals surface area (Å²) in [6.07, 6.45) is 0.0665. The van der Waals surface area contributed by atoms with E-state index in [1.54, 1.807) is 30.1 Å². The molecule has 1 heterocycles. The predicted molar refractivity (Wildman–Crippen MR) is 77.3 cm³/mol. The van der Waals surface area contributed by atoms with Gasteiger partial charge in [-0.2, -0.15) is 0 Å². The number of hydrogen-bond donors (Lipinski definition) is 2. The molecule has 0 aromatic heterocycles. The largest absolute Gasteiger partial charge is 0.465 e. The lowest BCUT2D eigenvalue weighted by atomic mass is 10.0. The van der Waals surface area contributed by atoms with Crippen LogP contribution in [-0.2, 0) is 14.3 Å². The monoisotopic (exact) mass is 291 g/mol. The molecule has 1 aliphatic rings. The van der Waals surface area contributed by atoms with Crippen molar-refractivity contribution >= 4 is 29.2 Å². The Hall–Kier alpha value is -2.57. The first-order valence-corrected chi connectivity index (χ1v) is 6.44. The van der Waals surface area contributed by atoms with E-state index in [4.69, 9.17) is 0 Å². The van der Waals surface area contributed by atoms with Gasteiger partial charge in [0, 0.05) is 14.1 Å². The second-order valence-electron chi connectivity index (χ2n) is 4.72. The van der Waals surface area contributed by atoms with Crippen LogP contribution in [0.25, 0.3) is 0 Å². The zero-order valence-corrected chi connectivity index (χ0v) is 12.1. The van der Waals surface area contributed by atoms with Crippen molar-refractivity contribution in [2.45, 2.75) is 12.5 Å². The van der Waals surface area contributed by atoms with E-state index in [9.17, 15) is 14.4 Å². The van der Waals surface area contributed by atoms with Gasteiger partial charge in [0.15, 0.2) is 0 Å². The topological polar surface area (TPSA) is 87.7 Å². The molecule has 0 aliphatic carbocycles. The molecule has 0 bridgehead atoms. The maximum absolute atomic E-state index is 12.1. The number of anilines is 2. The average molecular weight is 291 g/mol. The number of likely N-dealkylation sites (N-methyl/N-ethyl adjacent to an activating group) is 1. The number of methoxy groups -OCH3 is 1. The van der Waals surface area contributed by atoms with Gasteiger partial charge < -0.3 is 20.3 Å². The van der Waals surface area contributed by atoms with Crippen LogP contribution in [0.5, 0.6) is 0 Å². The van der Waals surface area contributed by atoms with Crippen LogP contribution in [0.3, 0.4) is 0 Å². The highest BCUT2D eigenvalue weighted by atomic mass is 16.5. The summed E-state index contributed by atoms with van der Waals surface area (Å²) in [5, 5.41) is 5.22. The molecule has 1 aliphatic heterocycles. The summed E-state index contributed by atoms with van der Waals surface area (Å²) in [7, 11) is 4.56. The van der Waals surface area contributed by atoms with Gasteiger partial charge >= 0.3 is 5.97 Å². The molecule has 0 saturated heterocycles. The Kier molecular flexibility index (Phi) is 4.11. The van der Waals surface area contributed by atoms with Crippen molar-refractivity contribution in [2.75, 3.05) is 31.4 Å². The molecule has 7 nitrogen and oxygen atoms in total. The highest BCUT2D eigenvalue weighted by molar-refractivity contribution is 6.06. The van der Waals surface area contributed by atoms with E-state index < -0.39 is 12.0 Å². The molecule has 2 rings (SSSR count). The number of carbonyl (C=O) groups excluding carboxylic acids is 3. The molecular weight excluding hydrogens is 274 g/mol. The number of hydrogen-bond acceptors (Lipinski definition) is 5. The summed E-state index contributed by atoms with van der Waals surface area (Å²) in [5.74, 6) is -0.963. The molecule has 1 atom stereocenters. The van der Waals surface area contributed by atoms with Crippen molar-refractivity contribution in [1.82, 2.24) is 5.32 Å². The van der Waals surface area contributed by atoms with Crippen molar-refractivity contribution in [3.05, 3.63) is 23.8 Å². The van der Waals surface area contributed by atoms with E-state index in [0.29, 0.717) is 11.3 Å². The van der Waals surface area contributed by atoms with E-state index in [-0.39, 0.29) is 18.2 Å². The van der Waals surface area contributed by atoms with Gasteiger partial charge in [-0.3, -0.25) is 9.59 Å². The molecule has 1 aromatic carbocycles. The Labute approximate surface area is 122 Å². The molecule has 0 radical (unpaired) electrons. The average Bonchev–Trinajstić information content (AvgIpc) is 2.49.